The van der Waals surface area contributed by atoms with Crippen molar-refractivity contribution in [3.63, 3.8) is 0 Å². The molecule has 0 saturated carbocycles. The molecule has 0 aromatic heterocycles. The van der Waals surface area contributed by atoms with Crippen LogP contribution in [0, 0.1) is 0 Å². The number of ether oxygens (including phenoxy) is 2. The predicted molar refractivity (Wildman–Crippen MR) is 96.2 cm³/mol. The number of alkyl halides is 6. The SMILES string of the molecule is N/C(=N\N=C\c1cccc(OC(F)(F)F)c1)N/N=C/c1cccc(OC(F)(F)F)c1. The van der Waals surface area contributed by atoms with E-state index in [1.165, 1.54) is 24.3 Å². The number of nitrogens with zero attached hydrogens (tertiary/aromatic N) is 3. The zero-order chi connectivity index (χ0) is 22.2. The van der Waals surface area contributed by atoms with Gasteiger partial charge in [-0.15, -0.1) is 31.4 Å². The third-order valence-corrected chi connectivity index (χ3v) is 2.95. The summed E-state index contributed by atoms with van der Waals surface area (Å²) in [4.78, 5) is 0. The summed E-state index contributed by atoms with van der Waals surface area (Å²) in [6.45, 7) is 0. The number of guanidine groups is 1. The zero-order valence-corrected chi connectivity index (χ0v) is 14.8. The van der Waals surface area contributed by atoms with Gasteiger partial charge in [-0.1, -0.05) is 24.3 Å². The van der Waals surface area contributed by atoms with Crippen LogP contribution in [0.15, 0.2) is 63.8 Å². The van der Waals surface area contributed by atoms with Gasteiger partial charge in [0.1, 0.15) is 11.5 Å². The number of rotatable bonds is 6. The second kappa shape index (κ2) is 9.62. The Balaban J connectivity index is 1.93. The monoisotopic (exact) mass is 433 g/mol. The molecule has 0 amide bonds. The summed E-state index contributed by atoms with van der Waals surface area (Å²) in [6.07, 6.45) is -7.35. The van der Waals surface area contributed by atoms with E-state index >= 15 is 0 Å². The Hall–Kier alpha value is -3.77. The van der Waals surface area contributed by atoms with E-state index in [9.17, 15) is 26.3 Å². The zero-order valence-electron chi connectivity index (χ0n) is 14.8. The van der Waals surface area contributed by atoms with Crippen LogP contribution in [0.5, 0.6) is 11.5 Å². The molecule has 30 heavy (non-hydrogen) atoms. The van der Waals surface area contributed by atoms with Gasteiger partial charge in [0, 0.05) is 0 Å². The van der Waals surface area contributed by atoms with Crippen LogP contribution in [0.4, 0.5) is 26.3 Å². The highest BCUT2D eigenvalue weighted by molar-refractivity contribution is 5.84. The van der Waals surface area contributed by atoms with Gasteiger partial charge >= 0.3 is 12.7 Å². The second-order valence-electron chi connectivity index (χ2n) is 5.34. The molecule has 7 nitrogen and oxygen atoms in total. The van der Waals surface area contributed by atoms with Crippen LogP contribution in [0.25, 0.3) is 0 Å². The molecule has 0 fully saturated rings. The van der Waals surface area contributed by atoms with Gasteiger partial charge in [-0.3, -0.25) is 0 Å². The minimum Gasteiger partial charge on any atom is -0.406 e. The summed E-state index contributed by atoms with van der Waals surface area (Å²) < 4.78 is 80.7. The number of nitrogens with two attached hydrogens (primary N) is 1. The Morgan fingerprint density at radius 2 is 1.33 bits per heavy atom. The van der Waals surface area contributed by atoms with Crippen LogP contribution in [0.1, 0.15) is 11.1 Å². The van der Waals surface area contributed by atoms with Crippen molar-refractivity contribution in [2.24, 2.45) is 21.0 Å². The first kappa shape index (κ1) is 22.5. The first-order valence-corrected chi connectivity index (χ1v) is 7.87. The maximum absolute atomic E-state index is 12.2. The van der Waals surface area contributed by atoms with Gasteiger partial charge in [-0.2, -0.15) is 10.2 Å². The largest absolute Gasteiger partial charge is 0.573 e. The molecular formula is C17H13F6N5O2. The highest BCUT2D eigenvalue weighted by Gasteiger charge is 2.31. The van der Waals surface area contributed by atoms with Crippen LogP contribution < -0.4 is 20.6 Å². The molecule has 0 bridgehead atoms. The molecule has 0 aliphatic rings. The van der Waals surface area contributed by atoms with E-state index in [-0.39, 0.29) is 17.1 Å². The van der Waals surface area contributed by atoms with E-state index < -0.39 is 24.2 Å². The van der Waals surface area contributed by atoms with E-state index in [4.69, 9.17) is 5.73 Å². The predicted octanol–water partition coefficient (Wildman–Crippen LogP) is 3.76. The van der Waals surface area contributed by atoms with Crippen LogP contribution in [-0.4, -0.2) is 31.1 Å². The molecule has 0 aliphatic carbocycles. The Labute approximate surface area is 165 Å². The van der Waals surface area contributed by atoms with Crippen molar-refractivity contribution in [2.45, 2.75) is 12.7 Å². The lowest BCUT2D eigenvalue weighted by Crippen LogP contribution is -2.26. The van der Waals surface area contributed by atoms with Gasteiger partial charge in [-0.05, 0) is 35.4 Å². The maximum atomic E-state index is 12.2. The van der Waals surface area contributed by atoms with Crippen LogP contribution >= 0.6 is 0 Å². The van der Waals surface area contributed by atoms with Crippen molar-refractivity contribution in [2.75, 3.05) is 0 Å². The maximum Gasteiger partial charge on any atom is 0.573 e. The molecule has 0 atom stereocenters. The Bertz CT molecular complexity index is 941. The van der Waals surface area contributed by atoms with E-state index in [1.54, 1.807) is 0 Å². The smallest absolute Gasteiger partial charge is 0.406 e. The van der Waals surface area contributed by atoms with E-state index in [2.05, 4.69) is 30.2 Å². The number of hydrogen-bond acceptors (Lipinski definition) is 5. The molecule has 0 unspecified atom stereocenters. The quantitative estimate of drug-likeness (QED) is 0.314. The number of benzene rings is 2. The van der Waals surface area contributed by atoms with Crippen LogP contribution in [0.3, 0.4) is 0 Å². The molecule has 2 rings (SSSR count). The third kappa shape index (κ3) is 8.95. The molecule has 0 aliphatic heterocycles. The fraction of sp³-hybridized carbons (Fsp3) is 0.118. The minimum absolute atomic E-state index is 0.262. The summed E-state index contributed by atoms with van der Waals surface area (Å²) in [7, 11) is 0. The summed E-state index contributed by atoms with van der Waals surface area (Å²) >= 11 is 0. The first-order chi connectivity index (χ1) is 14.0. The summed E-state index contributed by atoms with van der Waals surface area (Å²) in [5.74, 6) is -1.13. The molecule has 0 saturated heterocycles. The van der Waals surface area contributed by atoms with E-state index in [1.807, 2.05) is 0 Å². The Morgan fingerprint density at radius 1 is 0.833 bits per heavy atom. The van der Waals surface area contributed by atoms with Crippen molar-refractivity contribution >= 4 is 18.4 Å². The van der Waals surface area contributed by atoms with Gasteiger partial charge in [0.25, 0.3) is 0 Å². The molecule has 160 valence electrons. The van der Waals surface area contributed by atoms with Gasteiger partial charge in [0.15, 0.2) is 0 Å². The lowest BCUT2D eigenvalue weighted by Gasteiger charge is -2.08. The fourth-order valence-electron chi connectivity index (χ4n) is 1.94. The highest BCUT2D eigenvalue weighted by Crippen LogP contribution is 2.23. The molecular weight excluding hydrogens is 420 g/mol. The molecule has 2 aromatic carbocycles. The standard InChI is InChI=1S/C17H13F6N5O2/c18-16(19,20)29-13-5-1-3-11(7-13)9-25-27-15(24)28-26-10-12-4-2-6-14(8-12)30-17(21,22)23/h1-10H,(H3,24,27,28)/b25-9+,26-10+. The summed E-state index contributed by atoms with van der Waals surface area (Å²) in [6, 6.07) is 10.0. The topological polar surface area (TPSA) is 93.6 Å². The number of nitrogens with one attached hydrogen (secondary N) is 1. The molecule has 2 aromatic rings. The minimum atomic E-state index is -4.82. The van der Waals surface area contributed by atoms with Crippen molar-refractivity contribution < 1.29 is 35.8 Å². The van der Waals surface area contributed by atoms with Crippen LogP contribution in [-0.2, 0) is 0 Å². The number of halogens is 6. The van der Waals surface area contributed by atoms with Gasteiger partial charge in [-0.25, -0.2) is 5.43 Å². The second-order valence-corrected chi connectivity index (χ2v) is 5.34. The lowest BCUT2D eigenvalue weighted by atomic mass is 10.2. The van der Waals surface area contributed by atoms with Crippen LogP contribution in [0.2, 0.25) is 0 Å². The van der Waals surface area contributed by atoms with Gasteiger partial charge in [0.2, 0.25) is 5.96 Å². The molecule has 0 radical (unpaired) electrons. The average molecular weight is 433 g/mol. The molecule has 13 heteroatoms. The normalized spacial score (nSPS) is 13.1. The Kier molecular flexibility index (Phi) is 7.22. The van der Waals surface area contributed by atoms with Crippen molar-refractivity contribution in [1.29, 1.82) is 0 Å². The highest BCUT2D eigenvalue weighted by atomic mass is 19.4. The van der Waals surface area contributed by atoms with Crippen molar-refractivity contribution in [3.05, 3.63) is 59.7 Å². The van der Waals surface area contributed by atoms with Crippen molar-refractivity contribution in [3.8, 4) is 11.5 Å². The molecule has 3 N–H and O–H groups in total. The average Bonchev–Trinajstić information content (AvgIpc) is 2.59. The van der Waals surface area contributed by atoms with E-state index in [0.717, 1.165) is 36.7 Å². The Morgan fingerprint density at radius 3 is 1.83 bits per heavy atom. The van der Waals surface area contributed by atoms with Gasteiger partial charge in [0.05, 0.1) is 12.4 Å². The summed E-state index contributed by atoms with van der Waals surface area (Å²) in [5.41, 5.74) is 8.31. The lowest BCUT2D eigenvalue weighted by molar-refractivity contribution is -0.275. The number of hydrazone groups is 1. The molecule has 0 spiro atoms. The van der Waals surface area contributed by atoms with E-state index in [0.29, 0.717) is 0 Å². The third-order valence-electron chi connectivity index (χ3n) is 2.95. The fourth-order valence-corrected chi connectivity index (χ4v) is 1.94. The number of hydrogen-bond donors (Lipinski definition) is 2. The summed E-state index contributed by atoms with van der Waals surface area (Å²) in [5, 5.41) is 10.8. The van der Waals surface area contributed by atoms with Crippen molar-refractivity contribution in [1.82, 2.24) is 5.43 Å². The first-order valence-electron chi connectivity index (χ1n) is 7.87. The molecule has 0 heterocycles. The van der Waals surface area contributed by atoms with Gasteiger partial charge < -0.3 is 15.2 Å².